The summed E-state index contributed by atoms with van der Waals surface area (Å²) in [7, 11) is 2.11. The molecule has 1 saturated heterocycles. The number of aromatic nitrogens is 3. The van der Waals surface area contributed by atoms with Gasteiger partial charge in [0.2, 0.25) is 0 Å². The van der Waals surface area contributed by atoms with E-state index in [2.05, 4.69) is 32.1 Å². The second kappa shape index (κ2) is 3.42. The van der Waals surface area contributed by atoms with E-state index in [0.29, 0.717) is 6.04 Å². The number of hydrogen-bond donors (Lipinski definition) is 1. The maximum atomic E-state index is 3.94. The SMILES string of the molecule is CN1CCNC(c2nnns2)C1. The summed E-state index contributed by atoms with van der Waals surface area (Å²) in [5, 5.41) is 11.9. The van der Waals surface area contributed by atoms with Crippen molar-refractivity contribution in [2.24, 2.45) is 0 Å². The van der Waals surface area contributed by atoms with Gasteiger partial charge in [-0.3, -0.25) is 0 Å². The minimum atomic E-state index is 0.323. The maximum absolute atomic E-state index is 3.94. The molecule has 1 aliphatic heterocycles. The number of piperazine rings is 1. The van der Waals surface area contributed by atoms with E-state index in [1.807, 2.05) is 0 Å². The molecule has 2 rings (SSSR count). The average molecular weight is 185 g/mol. The van der Waals surface area contributed by atoms with Gasteiger partial charge in [0, 0.05) is 31.2 Å². The van der Waals surface area contributed by atoms with E-state index >= 15 is 0 Å². The summed E-state index contributed by atoms with van der Waals surface area (Å²) in [6.45, 7) is 3.11. The molecule has 12 heavy (non-hydrogen) atoms. The summed E-state index contributed by atoms with van der Waals surface area (Å²) in [5.74, 6) is 0. The molecule has 0 amide bonds. The molecule has 0 aliphatic carbocycles. The molecular weight excluding hydrogens is 174 g/mol. The first-order valence-electron chi connectivity index (χ1n) is 3.93. The standard InChI is InChI=1S/C6H11N5S/c1-11-3-2-7-5(4-11)6-8-9-10-12-6/h5,7H,2-4H2,1H3. The number of rotatable bonds is 1. The molecular formula is C6H11N5S. The normalized spacial score (nSPS) is 25.9. The predicted octanol–water partition coefficient (Wildman–Crippen LogP) is -0.491. The fourth-order valence-corrected chi connectivity index (χ4v) is 1.85. The first-order chi connectivity index (χ1) is 5.86. The van der Waals surface area contributed by atoms with Gasteiger partial charge in [0.25, 0.3) is 0 Å². The molecule has 2 heterocycles. The van der Waals surface area contributed by atoms with E-state index in [1.54, 1.807) is 0 Å². The van der Waals surface area contributed by atoms with Crippen molar-refractivity contribution in [3.8, 4) is 0 Å². The van der Waals surface area contributed by atoms with E-state index in [-0.39, 0.29) is 0 Å². The van der Waals surface area contributed by atoms with Crippen molar-refractivity contribution >= 4 is 11.5 Å². The van der Waals surface area contributed by atoms with Gasteiger partial charge in [0.1, 0.15) is 0 Å². The highest BCUT2D eigenvalue weighted by Crippen LogP contribution is 2.15. The van der Waals surface area contributed by atoms with Crippen molar-refractivity contribution < 1.29 is 0 Å². The maximum Gasteiger partial charge on any atom is 0.156 e. The van der Waals surface area contributed by atoms with E-state index in [4.69, 9.17) is 0 Å². The van der Waals surface area contributed by atoms with E-state index < -0.39 is 0 Å². The Balaban J connectivity index is 2.04. The van der Waals surface area contributed by atoms with Gasteiger partial charge in [0.15, 0.2) is 5.01 Å². The molecule has 0 saturated carbocycles. The molecule has 1 fully saturated rings. The predicted molar refractivity (Wildman–Crippen MR) is 45.9 cm³/mol. The minimum absolute atomic E-state index is 0.323. The van der Waals surface area contributed by atoms with Crippen LogP contribution in [0, 0.1) is 0 Å². The lowest BCUT2D eigenvalue weighted by Gasteiger charge is -2.28. The summed E-state index contributed by atoms with van der Waals surface area (Å²) in [4.78, 5) is 2.28. The number of hydrogen-bond acceptors (Lipinski definition) is 6. The Morgan fingerprint density at radius 3 is 3.25 bits per heavy atom. The van der Waals surface area contributed by atoms with Gasteiger partial charge >= 0.3 is 0 Å². The zero-order valence-corrected chi connectivity index (χ0v) is 7.71. The van der Waals surface area contributed by atoms with Gasteiger partial charge in [-0.25, -0.2) is 0 Å². The number of likely N-dealkylation sites (N-methyl/N-ethyl adjacent to an activating group) is 1. The Bertz CT molecular complexity index is 236. The third-order valence-corrected chi connectivity index (χ3v) is 2.70. The van der Waals surface area contributed by atoms with Crippen LogP contribution in [0.1, 0.15) is 11.0 Å². The fourth-order valence-electron chi connectivity index (χ4n) is 1.34. The molecule has 6 heteroatoms. The van der Waals surface area contributed by atoms with Crippen LogP contribution in [0.2, 0.25) is 0 Å². The smallest absolute Gasteiger partial charge is 0.156 e. The minimum Gasteiger partial charge on any atom is -0.305 e. The van der Waals surface area contributed by atoms with Crippen molar-refractivity contribution in [2.75, 3.05) is 26.7 Å². The lowest BCUT2D eigenvalue weighted by atomic mass is 10.2. The van der Waals surface area contributed by atoms with Crippen LogP contribution >= 0.6 is 11.5 Å². The van der Waals surface area contributed by atoms with Gasteiger partial charge in [0.05, 0.1) is 6.04 Å². The van der Waals surface area contributed by atoms with Gasteiger partial charge in [-0.1, -0.05) is 4.49 Å². The Morgan fingerprint density at radius 1 is 1.67 bits per heavy atom. The Morgan fingerprint density at radius 2 is 2.58 bits per heavy atom. The first kappa shape index (κ1) is 8.03. The molecule has 0 spiro atoms. The summed E-state index contributed by atoms with van der Waals surface area (Å²) in [6.07, 6.45) is 0. The zero-order valence-electron chi connectivity index (χ0n) is 6.90. The lowest BCUT2D eigenvalue weighted by Crippen LogP contribution is -2.43. The molecule has 66 valence electrons. The van der Waals surface area contributed by atoms with Crippen LogP contribution in [0.4, 0.5) is 0 Å². The monoisotopic (exact) mass is 185 g/mol. The molecule has 1 aromatic rings. The third kappa shape index (κ3) is 1.60. The van der Waals surface area contributed by atoms with Crippen LogP contribution in [0.25, 0.3) is 0 Å². The average Bonchev–Trinajstić information content (AvgIpc) is 2.56. The Hall–Kier alpha value is -0.590. The van der Waals surface area contributed by atoms with Crippen LogP contribution in [-0.4, -0.2) is 46.4 Å². The van der Waals surface area contributed by atoms with Crippen molar-refractivity contribution in [1.82, 2.24) is 25.0 Å². The highest BCUT2D eigenvalue weighted by atomic mass is 32.1. The van der Waals surface area contributed by atoms with E-state index in [1.165, 1.54) is 11.5 Å². The lowest BCUT2D eigenvalue weighted by molar-refractivity contribution is 0.240. The second-order valence-electron chi connectivity index (χ2n) is 2.97. The quantitative estimate of drug-likeness (QED) is 0.640. The van der Waals surface area contributed by atoms with Crippen LogP contribution in [0.3, 0.4) is 0 Å². The molecule has 0 radical (unpaired) electrons. The van der Waals surface area contributed by atoms with Crippen LogP contribution in [0.15, 0.2) is 0 Å². The van der Waals surface area contributed by atoms with Gasteiger partial charge in [-0.2, -0.15) is 0 Å². The Labute approximate surface area is 74.9 Å². The molecule has 5 nitrogen and oxygen atoms in total. The fraction of sp³-hybridized carbons (Fsp3) is 0.833. The number of nitrogens with zero attached hydrogens (tertiary/aromatic N) is 4. The summed E-state index contributed by atoms with van der Waals surface area (Å²) in [5.41, 5.74) is 0. The van der Waals surface area contributed by atoms with Crippen molar-refractivity contribution in [3.63, 3.8) is 0 Å². The van der Waals surface area contributed by atoms with Gasteiger partial charge in [-0.15, -0.1) is 5.10 Å². The van der Waals surface area contributed by atoms with Crippen molar-refractivity contribution in [2.45, 2.75) is 6.04 Å². The summed E-state index contributed by atoms with van der Waals surface area (Å²) in [6, 6.07) is 0.323. The van der Waals surface area contributed by atoms with Crippen LogP contribution in [-0.2, 0) is 0 Å². The third-order valence-electron chi connectivity index (χ3n) is 1.99. The largest absolute Gasteiger partial charge is 0.305 e. The van der Waals surface area contributed by atoms with Crippen molar-refractivity contribution in [3.05, 3.63) is 5.01 Å². The van der Waals surface area contributed by atoms with Crippen molar-refractivity contribution in [1.29, 1.82) is 0 Å². The number of nitrogens with one attached hydrogen (secondary N) is 1. The first-order valence-corrected chi connectivity index (χ1v) is 4.70. The molecule has 1 atom stereocenters. The molecule has 1 aliphatic rings. The summed E-state index contributed by atoms with van der Waals surface area (Å²) >= 11 is 1.37. The van der Waals surface area contributed by atoms with Crippen LogP contribution in [0.5, 0.6) is 0 Å². The van der Waals surface area contributed by atoms with E-state index in [0.717, 1.165) is 24.6 Å². The molecule has 1 aromatic heterocycles. The zero-order chi connectivity index (χ0) is 8.39. The van der Waals surface area contributed by atoms with Gasteiger partial charge in [-0.05, 0) is 12.3 Å². The van der Waals surface area contributed by atoms with Gasteiger partial charge < -0.3 is 10.2 Å². The highest BCUT2D eigenvalue weighted by molar-refractivity contribution is 7.05. The highest BCUT2D eigenvalue weighted by Gasteiger charge is 2.20. The topological polar surface area (TPSA) is 53.9 Å². The molecule has 0 aromatic carbocycles. The second-order valence-corrected chi connectivity index (χ2v) is 3.73. The molecule has 1 N–H and O–H groups in total. The molecule has 0 bridgehead atoms. The van der Waals surface area contributed by atoms with E-state index in [9.17, 15) is 0 Å². The Kier molecular flexibility index (Phi) is 2.29. The van der Waals surface area contributed by atoms with Crippen LogP contribution < -0.4 is 5.32 Å². The molecule has 1 unspecified atom stereocenters. The summed E-state index contributed by atoms with van der Waals surface area (Å²) < 4.78 is 3.74.